The highest BCUT2D eigenvalue weighted by molar-refractivity contribution is 4.84. The second-order valence-electron chi connectivity index (χ2n) is 6.69. The third kappa shape index (κ3) is 3.46. The molecule has 0 saturated heterocycles. The number of nitrogens with one attached hydrogen (secondary N) is 1. The predicted octanol–water partition coefficient (Wildman–Crippen LogP) is 2.71. The van der Waals surface area contributed by atoms with E-state index in [2.05, 4.69) is 19.2 Å². The molecule has 94 valence electrons. The summed E-state index contributed by atoms with van der Waals surface area (Å²) in [6, 6.07) is 0.736. The van der Waals surface area contributed by atoms with Gasteiger partial charge in [0, 0.05) is 6.04 Å². The van der Waals surface area contributed by atoms with Crippen molar-refractivity contribution in [2.45, 2.75) is 70.9 Å². The molecule has 2 nitrogen and oxygen atoms in total. The van der Waals surface area contributed by atoms with E-state index in [0.717, 1.165) is 31.3 Å². The van der Waals surface area contributed by atoms with Crippen molar-refractivity contribution < 1.29 is 5.11 Å². The summed E-state index contributed by atoms with van der Waals surface area (Å²) in [5.74, 6) is 0.742. The molecule has 16 heavy (non-hydrogen) atoms. The van der Waals surface area contributed by atoms with Gasteiger partial charge in [-0.05, 0) is 56.4 Å². The maximum Gasteiger partial charge on any atom is 0.0546 e. The first-order valence-corrected chi connectivity index (χ1v) is 6.97. The van der Waals surface area contributed by atoms with Crippen molar-refractivity contribution in [1.82, 2.24) is 5.32 Å². The number of hydrogen-bond acceptors (Lipinski definition) is 2. The fourth-order valence-electron chi connectivity index (χ4n) is 3.07. The lowest BCUT2D eigenvalue weighted by Crippen LogP contribution is -2.40. The van der Waals surface area contributed by atoms with Crippen LogP contribution in [-0.4, -0.2) is 23.8 Å². The van der Waals surface area contributed by atoms with E-state index in [9.17, 15) is 5.11 Å². The van der Waals surface area contributed by atoms with Crippen molar-refractivity contribution in [2.75, 3.05) is 6.54 Å². The lowest BCUT2D eigenvalue weighted by Gasteiger charge is -2.33. The van der Waals surface area contributed by atoms with Crippen LogP contribution in [0.2, 0.25) is 0 Å². The summed E-state index contributed by atoms with van der Waals surface area (Å²) in [4.78, 5) is 0. The third-order valence-corrected chi connectivity index (χ3v) is 4.48. The smallest absolute Gasteiger partial charge is 0.0546 e. The maximum atomic E-state index is 9.24. The molecule has 0 heterocycles. The van der Waals surface area contributed by atoms with Crippen molar-refractivity contribution in [1.29, 1.82) is 0 Å². The zero-order valence-electron chi connectivity index (χ0n) is 10.8. The van der Waals surface area contributed by atoms with Crippen LogP contribution < -0.4 is 5.32 Å². The Morgan fingerprint density at radius 3 is 2.62 bits per heavy atom. The maximum absolute atomic E-state index is 9.24. The highest BCUT2D eigenvalue weighted by Gasteiger charge is 2.28. The second-order valence-corrected chi connectivity index (χ2v) is 6.69. The molecule has 2 fully saturated rings. The van der Waals surface area contributed by atoms with Gasteiger partial charge in [0.25, 0.3) is 0 Å². The van der Waals surface area contributed by atoms with Gasteiger partial charge in [-0.15, -0.1) is 0 Å². The van der Waals surface area contributed by atoms with Crippen molar-refractivity contribution >= 4 is 0 Å². The van der Waals surface area contributed by atoms with Crippen LogP contribution in [0.5, 0.6) is 0 Å². The quantitative estimate of drug-likeness (QED) is 0.724. The van der Waals surface area contributed by atoms with Gasteiger partial charge in [-0.1, -0.05) is 20.3 Å². The van der Waals surface area contributed by atoms with Gasteiger partial charge >= 0.3 is 0 Å². The van der Waals surface area contributed by atoms with E-state index in [1.165, 1.54) is 32.1 Å². The molecule has 0 radical (unpaired) electrons. The van der Waals surface area contributed by atoms with E-state index >= 15 is 0 Å². The van der Waals surface area contributed by atoms with Gasteiger partial charge in [-0.25, -0.2) is 0 Å². The Kier molecular flexibility index (Phi) is 3.91. The van der Waals surface area contributed by atoms with Gasteiger partial charge in [-0.3, -0.25) is 0 Å². The molecule has 0 spiro atoms. The summed E-state index contributed by atoms with van der Waals surface area (Å²) in [5, 5.41) is 13.0. The lowest BCUT2D eigenvalue weighted by molar-refractivity contribution is 0.0416. The van der Waals surface area contributed by atoms with E-state index in [4.69, 9.17) is 0 Å². The summed E-state index contributed by atoms with van der Waals surface area (Å²) in [7, 11) is 0. The van der Waals surface area contributed by atoms with Gasteiger partial charge < -0.3 is 10.4 Å². The standard InChI is InChI=1S/C14H27NO/c1-14(2)6-3-4-12(5-7-14)15-10-11-8-13(16)9-11/h11-13,15-16H,3-10H2,1-2H3. The average Bonchev–Trinajstić information content (AvgIpc) is 2.33. The van der Waals surface area contributed by atoms with Crippen molar-refractivity contribution in [2.24, 2.45) is 11.3 Å². The van der Waals surface area contributed by atoms with Crippen LogP contribution in [0, 0.1) is 11.3 Å². The van der Waals surface area contributed by atoms with E-state index in [0.29, 0.717) is 5.41 Å². The van der Waals surface area contributed by atoms with Crippen LogP contribution in [0.3, 0.4) is 0 Å². The van der Waals surface area contributed by atoms with Crippen LogP contribution in [0.25, 0.3) is 0 Å². The first kappa shape index (κ1) is 12.4. The third-order valence-electron chi connectivity index (χ3n) is 4.48. The Morgan fingerprint density at radius 2 is 1.94 bits per heavy atom. The normalized spacial score (nSPS) is 38.8. The zero-order chi connectivity index (χ0) is 11.6. The molecule has 2 aliphatic rings. The van der Waals surface area contributed by atoms with Gasteiger partial charge in [0.1, 0.15) is 0 Å². The number of rotatable bonds is 3. The molecule has 2 saturated carbocycles. The largest absolute Gasteiger partial charge is 0.393 e. The Hall–Kier alpha value is -0.0800. The topological polar surface area (TPSA) is 32.3 Å². The molecular weight excluding hydrogens is 198 g/mol. The zero-order valence-corrected chi connectivity index (χ0v) is 10.8. The fraction of sp³-hybridized carbons (Fsp3) is 1.00. The molecule has 2 heteroatoms. The van der Waals surface area contributed by atoms with Crippen molar-refractivity contribution in [3.8, 4) is 0 Å². The van der Waals surface area contributed by atoms with E-state index in [1.807, 2.05) is 0 Å². The molecule has 0 aromatic rings. The molecule has 2 N–H and O–H groups in total. The summed E-state index contributed by atoms with van der Waals surface area (Å²) in [5.41, 5.74) is 0.559. The minimum Gasteiger partial charge on any atom is -0.393 e. The lowest BCUT2D eigenvalue weighted by atomic mass is 9.82. The Morgan fingerprint density at radius 1 is 1.19 bits per heavy atom. The second kappa shape index (κ2) is 5.05. The van der Waals surface area contributed by atoms with Crippen LogP contribution in [0.1, 0.15) is 58.8 Å². The van der Waals surface area contributed by atoms with E-state index < -0.39 is 0 Å². The first-order valence-electron chi connectivity index (χ1n) is 6.97. The molecule has 0 aliphatic heterocycles. The van der Waals surface area contributed by atoms with Crippen LogP contribution in [-0.2, 0) is 0 Å². The van der Waals surface area contributed by atoms with Crippen molar-refractivity contribution in [3.63, 3.8) is 0 Å². The average molecular weight is 225 g/mol. The molecular formula is C14H27NO. The molecule has 0 amide bonds. The van der Waals surface area contributed by atoms with Crippen molar-refractivity contribution in [3.05, 3.63) is 0 Å². The number of aliphatic hydroxyl groups excluding tert-OH is 1. The van der Waals surface area contributed by atoms with Gasteiger partial charge in [-0.2, -0.15) is 0 Å². The van der Waals surface area contributed by atoms with E-state index in [1.54, 1.807) is 0 Å². The fourth-order valence-corrected chi connectivity index (χ4v) is 3.07. The molecule has 0 bridgehead atoms. The van der Waals surface area contributed by atoms with Gasteiger partial charge in [0.05, 0.1) is 6.10 Å². The number of aliphatic hydroxyl groups is 1. The Labute approximate surface area is 99.8 Å². The highest BCUT2D eigenvalue weighted by atomic mass is 16.3. The van der Waals surface area contributed by atoms with E-state index in [-0.39, 0.29) is 6.10 Å². The molecule has 1 unspecified atom stereocenters. The Bertz CT molecular complexity index is 221. The first-order chi connectivity index (χ1) is 7.55. The molecule has 0 aromatic carbocycles. The summed E-state index contributed by atoms with van der Waals surface area (Å²) < 4.78 is 0. The monoisotopic (exact) mass is 225 g/mol. The minimum atomic E-state index is -0.000123. The molecule has 2 aliphatic carbocycles. The van der Waals surface area contributed by atoms with Crippen LogP contribution >= 0.6 is 0 Å². The van der Waals surface area contributed by atoms with Crippen LogP contribution in [0.4, 0.5) is 0 Å². The van der Waals surface area contributed by atoms with Gasteiger partial charge in [0.15, 0.2) is 0 Å². The summed E-state index contributed by atoms with van der Waals surface area (Å²) in [6.45, 7) is 5.93. The molecule has 1 atom stereocenters. The molecule has 2 rings (SSSR count). The Balaban J connectivity index is 1.66. The summed E-state index contributed by atoms with van der Waals surface area (Å²) >= 11 is 0. The van der Waals surface area contributed by atoms with Gasteiger partial charge in [0.2, 0.25) is 0 Å². The number of hydrogen-bond donors (Lipinski definition) is 2. The van der Waals surface area contributed by atoms with Crippen LogP contribution in [0.15, 0.2) is 0 Å². The predicted molar refractivity (Wildman–Crippen MR) is 67.4 cm³/mol. The minimum absolute atomic E-state index is 0.000123. The highest BCUT2D eigenvalue weighted by Crippen LogP contribution is 2.34. The SMILES string of the molecule is CC1(C)CCCC(NCC2CC(O)C2)CC1. The summed E-state index contributed by atoms with van der Waals surface area (Å²) in [6.07, 6.45) is 8.83. The molecule has 0 aromatic heterocycles.